The van der Waals surface area contributed by atoms with Gasteiger partial charge in [0, 0.05) is 37.6 Å². The van der Waals surface area contributed by atoms with Crippen LogP contribution in [-0.4, -0.2) is 106 Å². The third-order valence-corrected chi connectivity index (χ3v) is 6.29. The van der Waals surface area contributed by atoms with Gasteiger partial charge in [-0.05, 0) is 48.5 Å². The molecule has 0 saturated carbocycles. The van der Waals surface area contributed by atoms with Crippen molar-refractivity contribution in [2.24, 2.45) is 0 Å². The Bertz CT molecular complexity index is 803. The zero-order chi connectivity index (χ0) is 26.8. The average Bonchev–Trinajstić information content (AvgIpc) is 3.01. The highest BCUT2D eigenvalue weighted by Crippen LogP contribution is 2.26. The van der Waals surface area contributed by atoms with Gasteiger partial charge in [-0.25, -0.2) is 0 Å². The van der Waals surface area contributed by atoms with Crippen LogP contribution in [0, 0.1) is 0 Å². The Labute approximate surface area is 232 Å². The predicted molar refractivity (Wildman–Crippen MR) is 153 cm³/mol. The molecule has 2 aliphatic rings. The van der Waals surface area contributed by atoms with Gasteiger partial charge in [0.15, 0.2) is 0 Å². The van der Waals surface area contributed by atoms with Crippen LogP contribution in [0.1, 0.15) is 0 Å². The summed E-state index contributed by atoms with van der Waals surface area (Å²) >= 11 is 0. The largest absolute Gasteiger partial charge is 0.457 e. The van der Waals surface area contributed by atoms with Crippen molar-refractivity contribution < 1.29 is 23.7 Å². The van der Waals surface area contributed by atoms with E-state index in [4.69, 9.17) is 23.7 Å². The molecule has 4 N–H and O–H groups in total. The number of benzene rings is 2. The Morgan fingerprint density at radius 2 is 0.744 bits per heavy atom. The second kappa shape index (κ2) is 18.0. The summed E-state index contributed by atoms with van der Waals surface area (Å²) in [5.74, 6) is 1.59. The van der Waals surface area contributed by atoms with E-state index in [0.29, 0.717) is 52.9 Å². The molecule has 0 spiro atoms. The molecule has 0 aliphatic carbocycles. The van der Waals surface area contributed by atoms with E-state index in [2.05, 4.69) is 55.3 Å². The van der Waals surface area contributed by atoms with Gasteiger partial charge in [-0.1, -0.05) is 0 Å². The van der Waals surface area contributed by atoms with Crippen LogP contribution < -0.4 is 35.8 Å². The Hall–Kier alpha value is -2.48. The van der Waals surface area contributed by atoms with Gasteiger partial charge in [-0.3, -0.25) is 21.3 Å². The molecule has 2 aromatic rings. The molecule has 0 radical (unpaired) electrons. The normalized spacial score (nSPS) is 20.3. The fourth-order valence-corrected chi connectivity index (χ4v) is 4.14. The van der Waals surface area contributed by atoms with E-state index in [1.54, 1.807) is 0 Å². The molecule has 216 valence electrons. The molecule has 0 aromatic heterocycles. The summed E-state index contributed by atoms with van der Waals surface area (Å²) in [5.41, 5.74) is 2.22. The second-order valence-corrected chi connectivity index (χ2v) is 9.25. The van der Waals surface area contributed by atoms with Gasteiger partial charge in [-0.15, -0.1) is 0 Å². The van der Waals surface area contributed by atoms with Gasteiger partial charge in [0.05, 0.1) is 79.5 Å². The maximum atomic E-state index is 6.15. The highest BCUT2D eigenvalue weighted by atomic mass is 16.5. The van der Waals surface area contributed by atoms with Crippen molar-refractivity contribution in [3.63, 3.8) is 0 Å². The predicted octanol–water partition coefficient (Wildman–Crippen LogP) is 1.37. The van der Waals surface area contributed by atoms with E-state index in [1.165, 1.54) is 0 Å². The second-order valence-electron chi connectivity index (χ2n) is 9.25. The highest BCUT2D eigenvalue weighted by molar-refractivity contribution is 5.51. The van der Waals surface area contributed by atoms with Crippen LogP contribution in [0.15, 0.2) is 48.5 Å². The average molecular weight is 545 g/mol. The number of nitrogens with zero attached hydrogens (tertiary/aromatic N) is 2. The summed E-state index contributed by atoms with van der Waals surface area (Å²) in [7, 11) is 0. The van der Waals surface area contributed by atoms with Crippen molar-refractivity contribution in [3.05, 3.63) is 48.5 Å². The molecule has 2 saturated heterocycles. The first-order valence-corrected chi connectivity index (χ1v) is 13.9. The number of rotatable bonds is 4. The molecular weight excluding hydrogens is 500 g/mol. The van der Waals surface area contributed by atoms with E-state index in [-0.39, 0.29) is 0 Å². The number of ether oxygens (including phenoxy) is 5. The van der Waals surface area contributed by atoms with E-state index in [1.807, 2.05) is 24.3 Å². The molecule has 11 nitrogen and oxygen atoms in total. The molecule has 2 heterocycles. The minimum atomic E-state index is 0.633. The maximum Gasteiger partial charge on any atom is 0.127 e. The van der Waals surface area contributed by atoms with Crippen molar-refractivity contribution in [2.75, 3.05) is 116 Å². The fourth-order valence-electron chi connectivity index (χ4n) is 4.14. The summed E-state index contributed by atoms with van der Waals surface area (Å²) in [6.45, 7) is 11.3. The molecule has 2 aliphatic heterocycles. The quantitative estimate of drug-likeness (QED) is 0.449. The van der Waals surface area contributed by atoms with E-state index in [9.17, 15) is 0 Å². The lowest BCUT2D eigenvalue weighted by Crippen LogP contribution is -2.42. The zero-order valence-corrected chi connectivity index (χ0v) is 22.9. The summed E-state index contributed by atoms with van der Waals surface area (Å²) in [6, 6.07) is 16.4. The molecule has 0 atom stereocenters. The standard InChI is InChI=1S/C28H44N6O5/c1-5-27(6-2-25(1)33-21-29-9-13-35-17-18-36-14-10-30-22-33)39-28-7-3-26(4-8-28)34-23-31-11-15-37-19-20-38-16-12-32-24-34/h1-8,29-32H,9-24H2. The molecule has 0 bridgehead atoms. The molecule has 2 aromatic carbocycles. The first-order chi connectivity index (χ1) is 19.4. The third-order valence-electron chi connectivity index (χ3n) is 6.29. The Kier molecular flexibility index (Phi) is 13.6. The zero-order valence-electron chi connectivity index (χ0n) is 22.9. The summed E-state index contributed by atoms with van der Waals surface area (Å²) < 4.78 is 28.4. The third kappa shape index (κ3) is 11.3. The smallest absolute Gasteiger partial charge is 0.127 e. The maximum absolute atomic E-state index is 6.15. The summed E-state index contributed by atoms with van der Waals surface area (Å²) in [5, 5.41) is 13.8. The van der Waals surface area contributed by atoms with Crippen LogP contribution in [0.5, 0.6) is 11.5 Å². The van der Waals surface area contributed by atoms with Gasteiger partial charge in [0.25, 0.3) is 0 Å². The van der Waals surface area contributed by atoms with Crippen molar-refractivity contribution in [1.29, 1.82) is 0 Å². The molecule has 39 heavy (non-hydrogen) atoms. The lowest BCUT2D eigenvalue weighted by Gasteiger charge is -2.26. The van der Waals surface area contributed by atoms with Crippen LogP contribution in [0.3, 0.4) is 0 Å². The van der Waals surface area contributed by atoms with E-state index >= 15 is 0 Å². The molecule has 11 heteroatoms. The SMILES string of the molecule is c1cc(N2CNCCOCCOCCNC2)ccc1Oc1ccc(N2CNCCOCCOCCNC2)cc1. The minimum Gasteiger partial charge on any atom is -0.457 e. The number of anilines is 2. The van der Waals surface area contributed by atoms with Gasteiger partial charge in [0.1, 0.15) is 11.5 Å². The molecule has 0 unspecified atom stereocenters. The van der Waals surface area contributed by atoms with E-state index < -0.39 is 0 Å². The van der Waals surface area contributed by atoms with Crippen molar-refractivity contribution in [1.82, 2.24) is 21.3 Å². The lowest BCUT2D eigenvalue weighted by atomic mass is 10.2. The van der Waals surface area contributed by atoms with Crippen LogP contribution in [0.25, 0.3) is 0 Å². The van der Waals surface area contributed by atoms with Crippen molar-refractivity contribution >= 4 is 11.4 Å². The Balaban J connectivity index is 1.30. The van der Waals surface area contributed by atoms with Crippen LogP contribution in [0.2, 0.25) is 0 Å². The first kappa shape index (κ1) is 29.5. The van der Waals surface area contributed by atoms with Crippen molar-refractivity contribution in [3.8, 4) is 11.5 Å². The molecule has 4 rings (SSSR count). The van der Waals surface area contributed by atoms with Gasteiger partial charge < -0.3 is 33.5 Å². The van der Waals surface area contributed by atoms with Crippen LogP contribution >= 0.6 is 0 Å². The van der Waals surface area contributed by atoms with Gasteiger partial charge in [0.2, 0.25) is 0 Å². The molecule has 0 amide bonds. The molecular formula is C28H44N6O5. The minimum absolute atomic E-state index is 0.633. The Morgan fingerprint density at radius 1 is 0.436 bits per heavy atom. The Morgan fingerprint density at radius 3 is 1.05 bits per heavy atom. The summed E-state index contributed by atoms with van der Waals surface area (Å²) in [6.07, 6.45) is 0. The van der Waals surface area contributed by atoms with Crippen LogP contribution in [0.4, 0.5) is 11.4 Å². The van der Waals surface area contributed by atoms with Gasteiger partial charge >= 0.3 is 0 Å². The number of hydrogen-bond donors (Lipinski definition) is 4. The monoisotopic (exact) mass is 544 g/mol. The number of hydrogen-bond acceptors (Lipinski definition) is 11. The lowest BCUT2D eigenvalue weighted by molar-refractivity contribution is 0.0508. The topological polar surface area (TPSA) is 101 Å². The highest BCUT2D eigenvalue weighted by Gasteiger charge is 2.09. The van der Waals surface area contributed by atoms with Crippen LogP contribution in [-0.2, 0) is 18.9 Å². The number of nitrogens with one attached hydrogen (secondary N) is 4. The van der Waals surface area contributed by atoms with E-state index in [0.717, 1.165) is 75.7 Å². The molecule has 2 fully saturated rings. The first-order valence-electron chi connectivity index (χ1n) is 13.9. The fraction of sp³-hybridized carbons (Fsp3) is 0.571. The van der Waals surface area contributed by atoms with Crippen molar-refractivity contribution in [2.45, 2.75) is 0 Å². The summed E-state index contributed by atoms with van der Waals surface area (Å²) in [4.78, 5) is 4.49. The van der Waals surface area contributed by atoms with Gasteiger partial charge in [-0.2, -0.15) is 0 Å².